The fraction of sp³-hybridized carbons (Fsp3) is 0.357. The summed E-state index contributed by atoms with van der Waals surface area (Å²) in [5.41, 5.74) is 0.675. The molecule has 0 aliphatic carbocycles. The minimum atomic E-state index is -0.807. The molecule has 3 rings (SSSR count). The molecule has 0 saturated carbocycles. The summed E-state index contributed by atoms with van der Waals surface area (Å²) in [4.78, 5) is 13.0. The number of hydrogen-bond donors (Lipinski definition) is 1. The van der Waals surface area contributed by atoms with Crippen LogP contribution in [0.3, 0.4) is 0 Å². The smallest absolute Gasteiger partial charge is 0.320 e. The van der Waals surface area contributed by atoms with E-state index < -0.39 is 12.0 Å². The Kier molecular flexibility index (Phi) is 3.90. The lowest BCUT2D eigenvalue weighted by Gasteiger charge is -2.18. The molecule has 1 aromatic heterocycles. The predicted molar refractivity (Wildman–Crippen MR) is 75.8 cm³/mol. The van der Waals surface area contributed by atoms with E-state index in [2.05, 4.69) is 10.2 Å². The van der Waals surface area contributed by atoms with Crippen LogP contribution in [0.25, 0.3) is 11.5 Å². The SMILES string of the molecule is O=C(O)C1CCCN1Cc1nnc(-c2ccccc2Cl)o1. The van der Waals surface area contributed by atoms with Gasteiger partial charge in [0.25, 0.3) is 0 Å². The second-order valence-corrected chi connectivity index (χ2v) is 5.35. The van der Waals surface area contributed by atoms with E-state index in [1.54, 1.807) is 12.1 Å². The van der Waals surface area contributed by atoms with E-state index in [4.69, 9.17) is 21.1 Å². The van der Waals surface area contributed by atoms with Crippen LogP contribution in [0.15, 0.2) is 28.7 Å². The van der Waals surface area contributed by atoms with Gasteiger partial charge in [0.15, 0.2) is 0 Å². The van der Waals surface area contributed by atoms with Crippen LogP contribution in [-0.4, -0.2) is 38.8 Å². The van der Waals surface area contributed by atoms with Crippen molar-refractivity contribution in [2.24, 2.45) is 0 Å². The number of hydrogen-bond acceptors (Lipinski definition) is 5. The van der Waals surface area contributed by atoms with Crippen LogP contribution in [0, 0.1) is 0 Å². The molecule has 2 heterocycles. The summed E-state index contributed by atoms with van der Waals surface area (Å²) >= 11 is 6.09. The highest BCUT2D eigenvalue weighted by molar-refractivity contribution is 6.33. The minimum Gasteiger partial charge on any atom is -0.480 e. The molecule has 0 bridgehead atoms. The first-order valence-electron chi connectivity index (χ1n) is 6.69. The third-order valence-electron chi connectivity index (χ3n) is 3.56. The number of carboxylic acid groups (broad SMARTS) is 1. The molecule has 110 valence electrons. The summed E-state index contributed by atoms with van der Waals surface area (Å²) < 4.78 is 5.60. The summed E-state index contributed by atoms with van der Waals surface area (Å²) in [5.74, 6) is -0.0573. The molecule has 6 nitrogen and oxygen atoms in total. The molecule has 0 radical (unpaired) electrons. The summed E-state index contributed by atoms with van der Waals surface area (Å²) in [5, 5.41) is 17.7. The third-order valence-corrected chi connectivity index (χ3v) is 3.89. The van der Waals surface area contributed by atoms with Gasteiger partial charge in [-0.2, -0.15) is 0 Å². The molecular weight excluding hydrogens is 294 g/mol. The Morgan fingerprint density at radius 2 is 2.24 bits per heavy atom. The minimum absolute atomic E-state index is 0.342. The van der Waals surface area contributed by atoms with Crippen molar-refractivity contribution in [3.63, 3.8) is 0 Å². The van der Waals surface area contributed by atoms with Gasteiger partial charge >= 0.3 is 5.97 Å². The number of carboxylic acids is 1. The number of rotatable bonds is 4. The molecule has 0 amide bonds. The Hall–Kier alpha value is -1.92. The average Bonchev–Trinajstić information content (AvgIpc) is 3.09. The normalized spacial score (nSPS) is 19.0. The number of likely N-dealkylation sites (tertiary alicyclic amines) is 1. The zero-order valence-electron chi connectivity index (χ0n) is 11.2. The summed E-state index contributed by atoms with van der Waals surface area (Å²) in [6, 6.07) is 6.74. The standard InChI is InChI=1S/C14H14ClN3O3/c15-10-5-2-1-4-9(10)13-17-16-12(21-13)8-18-7-3-6-11(18)14(19)20/h1-2,4-5,11H,3,6-8H2,(H,19,20). The average molecular weight is 308 g/mol. The van der Waals surface area contributed by atoms with Gasteiger partial charge in [-0.3, -0.25) is 9.69 Å². The van der Waals surface area contributed by atoms with Crippen molar-refractivity contribution in [1.29, 1.82) is 0 Å². The monoisotopic (exact) mass is 307 g/mol. The lowest BCUT2D eigenvalue weighted by molar-refractivity contribution is -0.142. The Morgan fingerprint density at radius 3 is 3.00 bits per heavy atom. The number of aliphatic carboxylic acids is 1. The van der Waals surface area contributed by atoms with Crippen molar-refractivity contribution in [3.05, 3.63) is 35.2 Å². The number of carbonyl (C=O) groups is 1. The Labute approximate surface area is 126 Å². The first-order valence-corrected chi connectivity index (χ1v) is 7.07. The van der Waals surface area contributed by atoms with Gasteiger partial charge in [-0.1, -0.05) is 23.7 Å². The third kappa shape index (κ3) is 2.91. The number of aromatic nitrogens is 2. The van der Waals surface area contributed by atoms with Gasteiger partial charge in [-0.05, 0) is 31.5 Å². The Bertz CT molecular complexity index is 658. The van der Waals surface area contributed by atoms with Crippen molar-refractivity contribution in [3.8, 4) is 11.5 Å². The van der Waals surface area contributed by atoms with Crippen molar-refractivity contribution in [1.82, 2.24) is 15.1 Å². The van der Waals surface area contributed by atoms with Crippen LogP contribution >= 0.6 is 11.6 Å². The Balaban J connectivity index is 1.77. The largest absolute Gasteiger partial charge is 0.480 e. The highest BCUT2D eigenvalue weighted by Gasteiger charge is 2.31. The van der Waals surface area contributed by atoms with Gasteiger partial charge in [-0.25, -0.2) is 0 Å². The van der Waals surface area contributed by atoms with Crippen LogP contribution in [0.4, 0.5) is 0 Å². The molecular formula is C14H14ClN3O3. The van der Waals surface area contributed by atoms with Crippen LogP contribution in [0.2, 0.25) is 5.02 Å². The highest BCUT2D eigenvalue weighted by Crippen LogP contribution is 2.27. The molecule has 2 aromatic rings. The van der Waals surface area contributed by atoms with Crippen molar-refractivity contribution < 1.29 is 14.3 Å². The van der Waals surface area contributed by atoms with E-state index in [1.165, 1.54) is 0 Å². The van der Waals surface area contributed by atoms with Gasteiger partial charge in [0.1, 0.15) is 6.04 Å². The molecule has 7 heteroatoms. The first-order chi connectivity index (χ1) is 10.1. The second-order valence-electron chi connectivity index (χ2n) is 4.95. The quantitative estimate of drug-likeness (QED) is 0.934. The number of halogens is 1. The molecule has 21 heavy (non-hydrogen) atoms. The fourth-order valence-corrected chi connectivity index (χ4v) is 2.75. The topological polar surface area (TPSA) is 79.5 Å². The fourth-order valence-electron chi connectivity index (χ4n) is 2.53. The van der Waals surface area contributed by atoms with Gasteiger partial charge in [0, 0.05) is 0 Å². The predicted octanol–water partition coefficient (Wildman–Crippen LogP) is 2.44. The van der Waals surface area contributed by atoms with Crippen molar-refractivity contribution in [2.75, 3.05) is 6.54 Å². The molecule has 1 atom stereocenters. The van der Waals surface area contributed by atoms with Crippen LogP contribution in [0.5, 0.6) is 0 Å². The lowest BCUT2D eigenvalue weighted by atomic mass is 10.2. The van der Waals surface area contributed by atoms with Gasteiger partial charge in [0.2, 0.25) is 11.8 Å². The molecule has 0 spiro atoms. The van der Waals surface area contributed by atoms with Crippen molar-refractivity contribution in [2.45, 2.75) is 25.4 Å². The molecule has 1 fully saturated rings. The Morgan fingerprint density at radius 1 is 1.43 bits per heavy atom. The lowest BCUT2D eigenvalue weighted by Crippen LogP contribution is -2.35. The van der Waals surface area contributed by atoms with E-state index in [9.17, 15) is 4.79 Å². The van der Waals surface area contributed by atoms with Crippen LogP contribution < -0.4 is 0 Å². The molecule has 1 aromatic carbocycles. The maximum atomic E-state index is 11.1. The zero-order valence-corrected chi connectivity index (χ0v) is 12.0. The maximum absolute atomic E-state index is 11.1. The van der Waals surface area contributed by atoms with Gasteiger partial charge in [-0.15, -0.1) is 10.2 Å². The molecule has 1 aliphatic heterocycles. The van der Waals surface area contributed by atoms with Gasteiger partial charge < -0.3 is 9.52 Å². The molecule has 1 unspecified atom stereocenters. The summed E-state index contributed by atoms with van der Waals surface area (Å²) in [6.45, 7) is 1.06. The maximum Gasteiger partial charge on any atom is 0.320 e. The summed E-state index contributed by atoms with van der Waals surface area (Å²) in [6.07, 6.45) is 1.52. The van der Waals surface area contributed by atoms with Crippen LogP contribution in [0.1, 0.15) is 18.7 Å². The van der Waals surface area contributed by atoms with Crippen LogP contribution in [-0.2, 0) is 11.3 Å². The van der Waals surface area contributed by atoms with E-state index in [-0.39, 0.29) is 0 Å². The zero-order chi connectivity index (χ0) is 14.8. The number of benzene rings is 1. The molecule has 1 saturated heterocycles. The van der Waals surface area contributed by atoms with Gasteiger partial charge in [0.05, 0.1) is 17.1 Å². The highest BCUT2D eigenvalue weighted by atomic mass is 35.5. The van der Waals surface area contributed by atoms with E-state index in [0.717, 1.165) is 13.0 Å². The van der Waals surface area contributed by atoms with Crippen molar-refractivity contribution >= 4 is 17.6 Å². The number of nitrogens with zero attached hydrogens (tertiary/aromatic N) is 3. The molecule has 1 N–H and O–H groups in total. The molecule has 1 aliphatic rings. The first kappa shape index (κ1) is 14.0. The second kappa shape index (κ2) is 5.83. The summed E-state index contributed by atoms with van der Waals surface area (Å²) in [7, 11) is 0. The van der Waals surface area contributed by atoms with E-state index in [0.29, 0.717) is 35.3 Å². The van der Waals surface area contributed by atoms with E-state index >= 15 is 0 Å². The van der Waals surface area contributed by atoms with E-state index in [1.807, 2.05) is 17.0 Å².